The topological polar surface area (TPSA) is 65.0 Å². The van der Waals surface area contributed by atoms with E-state index >= 15 is 0 Å². The number of aromatic nitrogens is 3. The minimum atomic E-state index is 0.410. The Morgan fingerprint density at radius 3 is 2.78 bits per heavy atom. The van der Waals surface area contributed by atoms with Crippen molar-refractivity contribution in [3.63, 3.8) is 0 Å². The Balaban J connectivity index is 1.62. The van der Waals surface area contributed by atoms with Crippen molar-refractivity contribution in [3.05, 3.63) is 60.2 Å². The van der Waals surface area contributed by atoms with Gasteiger partial charge in [0.1, 0.15) is 11.3 Å². The van der Waals surface area contributed by atoms with Gasteiger partial charge in [0.05, 0.1) is 11.6 Å². The zero-order chi connectivity index (χ0) is 15.6. The molecule has 0 bridgehead atoms. The highest BCUT2D eigenvalue weighted by atomic mass is 32.2. The number of furan rings is 1. The van der Waals surface area contributed by atoms with E-state index in [2.05, 4.69) is 45.6 Å². The number of rotatable bonds is 4. The fourth-order valence-electron chi connectivity index (χ4n) is 2.41. The van der Waals surface area contributed by atoms with Crippen molar-refractivity contribution in [1.82, 2.24) is 15.1 Å². The van der Waals surface area contributed by atoms with E-state index in [9.17, 15) is 0 Å². The van der Waals surface area contributed by atoms with E-state index in [1.165, 1.54) is 4.90 Å². The summed E-state index contributed by atoms with van der Waals surface area (Å²) in [4.78, 5) is 10.0. The number of thioether (sulfide) groups is 1. The van der Waals surface area contributed by atoms with Crippen LogP contribution in [-0.2, 0) is 6.42 Å². The number of hydrogen-bond donors (Lipinski definition) is 0. The smallest absolute Gasteiger partial charge is 0.277 e. The van der Waals surface area contributed by atoms with Gasteiger partial charge in [-0.3, -0.25) is 4.98 Å². The van der Waals surface area contributed by atoms with Gasteiger partial charge in [-0.1, -0.05) is 17.3 Å². The fourth-order valence-corrected chi connectivity index (χ4v) is 2.82. The molecule has 114 valence electrons. The van der Waals surface area contributed by atoms with Crippen molar-refractivity contribution in [2.45, 2.75) is 11.3 Å². The maximum atomic E-state index is 5.38. The van der Waals surface area contributed by atoms with Gasteiger partial charge in [-0.2, -0.15) is 4.98 Å². The summed E-state index contributed by atoms with van der Waals surface area (Å²) in [6.07, 6.45) is 5.98. The highest BCUT2D eigenvalue weighted by Gasteiger charge is 2.14. The van der Waals surface area contributed by atoms with E-state index in [1.54, 1.807) is 24.2 Å². The van der Waals surface area contributed by atoms with E-state index in [0.29, 0.717) is 23.8 Å². The van der Waals surface area contributed by atoms with Crippen molar-refractivity contribution in [3.8, 4) is 11.6 Å². The number of pyridine rings is 1. The van der Waals surface area contributed by atoms with Crippen LogP contribution in [0.2, 0.25) is 0 Å². The zero-order valence-electron chi connectivity index (χ0n) is 12.4. The summed E-state index contributed by atoms with van der Waals surface area (Å²) in [6, 6.07) is 12.0. The van der Waals surface area contributed by atoms with E-state index in [4.69, 9.17) is 8.94 Å². The van der Waals surface area contributed by atoms with Crippen LogP contribution in [0.4, 0.5) is 0 Å². The lowest BCUT2D eigenvalue weighted by atomic mass is 10.1. The Labute approximate surface area is 136 Å². The van der Waals surface area contributed by atoms with Crippen molar-refractivity contribution < 1.29 is 8.94 Å². The third-order valence-corrected chi connectivity index (χ3v) is 4.32. The first-order valence-corrected chi connectivity index (χ1v) is 8.34. The van der Waals surface area contributed by atoms with Gasteiger partial charge in [-0.05, 0) is 36.1 Å². The molecule has 0 atom stereocenters. The van der Waals surface area contributed by atoms with Crippen LogP contribution >= 0.6 is 11.8 Å². The molecular formula is C17H13N3O2S. The lowest BCUT2D eigenvalue weighted by molar-refractivity contribution is 0.423. The SMILES string of the molecule is CSc1ccc(Cc2noc(-c3nccc4occc34)n2)cc1. The number of fused-ring (bicyclic) bond motifs is 1. The molecule has 0 aliphatic rings. The molecular weight excluding hydrogens is 310 g/mol. The number of benzene rings is 1. The van der Waals surface area contributed by atoms with Gasteiger partial charge in [0, 0.05) is 17.5 Å². The molecule has 0 fully saturated rings. The molecule has 0 unspecified atom stereocenters. The second kappa shape index (κ2) is 5.89. The molecule has 0 N–H and O–H groups in total. The van der Waals surface area contributed by atoms with Crippen molar-refractivity contribution in [1.29, 1.82) is 0 Å². The molecule has 0 saturated carbocycles. The summed E-state index contributed by atoms with van der Waals surface area (Å²) >= 11 is 1.72. The average molecular weight is 323 g/mol. The van der Waals surface area contributed by atoms with Crippen LogP contribution in [0.5, 0.6) is 0 Å². The van der Waals surface area contributed by atoms with Crippen molar-refractivity contribution in [2.75, 3.05) is 6.26 Å². The summed E-state index contributed by atoms with van der Waals surface area (Å²) in [7, 11) is 0. The van der Waals surface area contributed by atoms with Gasteiger partial charge in [0.2, 0.25) is 0 Å². The monoisotopic (exact) mass is 323 g/mol. The van der Waals surface area contributed by atoms with Gasteiger partial charge in [-0.15, -0.1) is 11.8 Å². The average Bonchev–Trinajstić information content (AvgIpc) is 3.24. The molecule has 5 nitrogen and oxygen atoms in total. The summed E-state index contributed by atoms with van der Waals surface area (Å²) < 4.78 is 10.7. The highest BCUT2D eigenvalue weighted by molar-refractivity contribution is 7.98. The van der Waals surface area contributed by atoms with Gasteiger partial charge in [0.25, 0.3) is 5.89 Å². The Kier molecular flexibility index (Phi) is 3.59. The minimum absolute atomic E-state index is 0.410. The minimum Gasteiger partial charge on any atom is -0.464 e. The Morgan fingerprint density at radius 1 is 1.09 bits per heavy atom. The third-order valence-electron chi connectivity index (χ3n) is 3.57. The summed E-state index contributed by atoms with van der Waals surface area (Å²) in [5.74, 6) is 1.05. The molecule has 1 aromatic carbocycles. The van der Waals surface area contributed by atoms with Crippen LogP contribution in [0.15, 0.2) is 62.7 Å². The Hall–Kier alpha value is -2.60. The standard InChI is InChI=1S/C17H13N3O2S/c1-23-12-4-2-11(3-5-12)10-15-19-17(22-20-15)16-13-7-9-21-14(13)6-8-18-16/h2-9H,10H2,1H3. The summed E-state index contributed by atoms with van der Waals surface area (Å²) in [5, 5.41) is 4.93. The van der Waals surface area contributed by atoms with Crippen LogP contribution in [-0.4, -0.2) is 21.4 Å². The van der Waals surface area contributed by atoms with Gasteiger partial charge >= 0.3 is 0 Å². The maximum absolute atomic E-state index is 5.38. The molecule has 23 heavy (non-hydrogen) atoms. The lowest BCUT2D eigenvalue weighted by Crippen LogP contribution is -1.91. The second-order valence-electron chi connectivity index (χ2n) is 5.03. The first kappa shape index (κ1) is 14.0. The van der Waals surface area contributed by atoms with Crippen molar-refractivity contribution in [2.24, 2.45) is 0 Å². The molecule has 4 rings (SSSR count). The molecule has 0 aliphatic heterocycles. The molecule has 0 amide bonds. The van der Waals surface area contributed by atoms with E-state index in [0.717, 1.165) is 16.5 Å². The van der Waals surface area contributed by atoms with Crippen molar-refractivity contribution >= 4 is 22.7 Å². The van der Waals surface area contributed by atoms with Crippen LogP contribution in [0.3, 0.4) is 0 Å². The normalized spacial score (nSPS) is 11.2. The number of hydrogen-bond acceptors (Lipinski definition) is 6. The second-order valence-corrected chi connectivity index (χ2v) is 5.91. The van der Waals surface area contributed by atoms with Gasteiger partial charge < -0.3 is 8.94 Å². The quantitative estimate of drug-likeness (QED) is 0.525. The molecule has 0 radical (unpaired) electrons. The third kappa shape index (κ3) is 2.73. The number of nitrogens with zero attached hydrogens (tertiary/aromatic N) is 3. The van der Waals surface area contributed by atoms with E-state index in [1.807, 2.05) is 12.1 Å². The molecule has 0 aliphatic carbocycles. The Morgan fingerprint density at radius 2 is 1.96 bits per heavy atom. The van der Waals surface area contributed by atoms with Crippen LogP contribution in [0.1, 0.15) is 11.4 Å². The van der Waals surface area contributed by atoms with Crippen LogP contribution in [0.25, 0.3) is 22.6 Å². The van der Waals surface area contributed by atoms with E-state index in [-0.39, 0.29) is 0 Å². The molecule has 3 heterocycles. The first-order chi connectivity index (χ1) is 11.3. The van der Waals surface area contributed by atoms with Crippen LogP contribution in [0, 0.1) is 0 Å². The molecule has 0 saturated heterocycles. The first-order valence-electron chi connectivity index (χ1n) is 7.11. The summed E-state index contributed by atoms with van der Waals surface area (Å²) in [6.45, 7) is 0. The van der Waals surface area contributed by atoms with E-state index < -0.39 is 0 Å². The fraction of sp³-hybridized carbons (Fsp3) is 0.118. The lowest BCUT2D eigenvalue weighted by Gasteiger charge is -1.99. The van der Waals surface area contributed by atoms with Gasteiger partial charge in [-0.25, -0.2) is 0 Å². The predicted octanol–water partition coefficient (Wildman–Crippen LogP) is 4.19. The zero-order valence-corrected chi connectivity index (χ0v) is 13.2. The van der Waals surface area contributed by atoms with Gasteiger partial charge in [0.15, 0.2) is 5.82 Å². The highest BCUT2D eigenvalue weighted by Crippen LogP contribution is 2.26. The molecule has 4 aromatic rings. The summed E-state index contributed by atoms with van der Waals surface area (Å²) in [5.41, 5.74) is 2.54. The Bertz CT molecular complexity index is 944. The van der Waals surface area contributed by atoms with Crippen LogP contribution < -0.4 is 0 Å². The molecule has 0 spiro atoms. The molecule has 6 heteroatoms. The largest absolute Gasteiger partial charge is 0.464 e. The predicted molar refractivity (Wildman–Crippen MR) is 88.3 cm³/mol. The maximum Gasteiger partial charge on any atom is 0.277 e. The molecule has 3 aromatic heterocycles.